The van der Waals surface area contributed by atoms with E-state index in [1.165, 1.54) is 0 Å². The maximum atomic E-state index is 5.80. The van der Waals surface area contributed by atoms with Gasteiger partial charge in [-0.2, -0.15) is 10.2 Å². The Labute approximate surface area is 94.6 Å². The summed E-state index contributed by atoms with van der Waals surface area (Å²) in [5.74, 6) is 0.786. The molecule has 4 nitrogen and oxygen atoms in total. The lowest BCUT2D eigenvalue weighted by Gasteiger charge is -2.14. The summed E-state index contributed by atoms with van der Waals surface area (Å²) in [5, 5.41) is 12.1. The molecule has 2 rings (SSSR count). The molecule has 0 radical (unpaired) electrons. The molecule has 16 heavy (non-hydrogen) atoms. The van der Waals surface area contributed by atoms with Gasteiger partial charge in [-0.25, -0.2) is 0 Å². The fourth-order valence-corrected chi connectivity index (χ4v) is 1.62. The monoisotopic (exact) mass is 217 g/mol. The molecule has 0 fully saturated rings. The minimum Gasteiger partial charge on any atom is -0.487 e. The highest BCUT2D eigenvalue weighted by atomic mass is 16.5. The van der Waals surface area contributed by atoms with Crippen LogP contribution in [0.5, 0.6) is 5.75 Å². The van der Waals surface area contributed by atoms with Gasteiger partial charge < -0.3 is 10.1 Å². The van der Waals surface area contributed by atoms with Crippen molar-refractivity contribution in [3.8, 4) is 5.75 Å². The van der Waals surface area contributed by atoms with Crippen LogP contribution in [0.2, 0.25) is 0 Å². The second-order valence-electron chi connectivity index (χ2n) is 3.71. The number of ether oxygens (including phenoxy) is 1. The Bertz CT molecular complexity index is 467. The van der Waals surface area contributed by atoms with E-state index in [4.69, 9.17) is 4.74 Å². The lowest BCUT2D eigenvalue weighted by atomic mass is 10.2. The minimum atomic E-state index is 0.109. The molecule has 1 aromatic carbocycles. The topological polar surface area (TPSA) is 47.0 Å². The third-order valence-electron chi connectivity index (χ3n) is 2.33. The van der Waals surface area contributed by atoms with Gasteiger partial charge in [0.25, 0.3) is 0 Å². The summed E-state index contributed by atoms with van der Waals surface area (Å²) in [5.41, 5.74) is 0.858. The molecular weight excluding hydrogens is 202 g/mol. The Morgan fingerprint density at radius 2 is 2.19 bits per heavy atom. The van der Waals surface area contributed by atoms with Gasteiger partial charge in [0, 0.05) is 11.9 Å². The average molecular weight is 217 g/mol. The second-order valence-corrected chi connectivity index (χ2v) is 3.71. The van der Waals surface area contributed by atoms with E-state index < -0.39 is 0 Å². The Kier molecular flexibility index (Phi) is 3.31. The predicted molar refractivity (Wildman–Crippen MR) is 63.6 cm³/mol. The third kappa shape index (κ3) is 2.28. The minimum absolute atomic E-state index is 0.109. The third-order valence-corrected chi connectivity index (χ3v) is 2.33. The maximum absolute atomic E-state index is 5.80. The Morgan fingerprint density at radius 3 is 3.00 bits per heavy atom. The van der Waals surface area contributed by atoms with Crippen molar-refractivity contribution < 1.29 is 4.74 Å². The summed E-state index contributed by atoms with van der Waals surface area (Å²) in [6.45, 7) is 2.82. The molecule has 2 aromatic rings. The lowest BCUT2D eigenvalue weighted by Crippen LogP contribution is -2.26. The summed E-state index contributed by atoms with van der Waals surface area (Å²) in [6.07, 6.45) is 1.77. The second kappa shape index (κ2) is 4.90. The first-order chi connectivity index (χ1) is 7.81. The van der Waals surface area contributed by atoms with Gasteiger partial charge in [0.2, 0.25) is 0 Å². The molecule has 1 unspecified atom stereocenters. The summed E-state index contributed by atoms with van der Waals surface area (Å²) in [7, 11) is 1.91. The first-order valence-corrected chi connectivity index (χ1v) is 5.33. The number of benzene rings is 1. The number of hydrogen-bond acceptors (Lipinski definition) is 4. The summed E-state index contributed by atoms with van der Waals surface area (Å²) in [6, 6.07) is 7.83. The molecule has 0 bridgehead atoms. The van der Waals surface area contributed by atoms with E-state index in [-0.39, 0.29) is 6.10 Å². The number of fused-ring (bicyclic) bond motifs is 1. The fraction of sp³-hybridized carbons (Fsp3) is 0.333. The zero-order chi connectivity index (χ0) is 11.4. The molecular formula is C12H15N3O. The molecule has 0 spiro atoms. The highest BCUT2D eigenvalue weighted by Gasteiger charge is 2.07. The molecule has 4 heteroatoms. The van der Waals surface area contributed by atoms with Crippen LogP contribution >= 0.6 is 0 Å². The highest BCUT2D eigenvalue weighted by molar-refractivity contribution is 5.83. The van der Waals surface area contributed by atoms with Crippen LogP contribution in [0.25, 0.3) is 10.9 Å². The van der Waals surface area contributed by atoms with Crippen LogP contribution in [0.3, 0.4) is 0 Å². The molecule has 0 aliphatic carbocycles. The highest BCUT2D eigenvalue weighted by Crippen LogP contribution is 2.22. The van der Waals surface area contributed by atoms with Gasteiger partial charge in [-0.05, 0) is 26.1 Å². The van der Waals surface area contributed by atoms with Crippen molar-refractivity contribution in [3.63, 3.8) is 0 Å². The van der Waals surface area contributed by atoms with Crippen LogP contribution in [-0.4, -0.2) is 29.9 Å². The smallest absolute Gasteiger partial charge is 0.149 e. The fourth-order valence-electron chi connectivity index (χ4n) is 1.62. The molecule has 1 N–H and O–H groups in total. The quantitative estimate of drug-likeness (QED) is 0.845. The van der Waals surface area contributed by atoms with Crippen molar-refractivity contribution in [1.82, 2.24) is 15.5 Å². The molecule has 0 saturated heterocycles. The van der Waals surface area contributed by atoms with Gasteiger partial charge in [-0.15, -0.1) is 0 Å². The maximum Gasteiger partial charge on any atom is 0.149 e. The Morgan fingerprint density at radius 1 is 1.38 bits per heavy atom. The molecule has 0 amide bonds. The van der Waals surface area contributed by atoms with E-state index >= 15 is 0 Å². The van der Waals surface area contributed by atoms with Crippen molar-refractivity contribution in [3.05, 3.63) is 30.5 Å². The Hall–Kier alpha value is -1.68. The number of likely N-dealkylation sites (N-methyl/N-ethyl adjacent to an activating group) is 1. The zero-order valence-electron chi connectivity index (χ0n) is 9.47. The number of hydrogen-bond donors (Lipinski definition) is 1. The van der Waals surface area contributed by atoms with Crippen LogP contribution in [0.1, 0.15) is 6.92 Å². The van der Waals surface area contributed by atoms with E-state index in [1.807, 2.05) is 38.2 Å². The van der Waals surface area contributed by atoms with Crippen molar-refractivity contribution in [1.29, 1.82) is 0 Å². The number of nitrogens with one attached hydrogen (secondary N) is 1. The average Bonchev–Trinajstić information content (AvgIpc) is 2.30. The summed E-state index contributed by atoms with van der Waals surface area (Å²) in [4.78, 5) is 0. The van der Waals surface area contributed by atoms with Crippen LogP contribution in [0, 0.1) is 0 Å². The predicted octanol–water partition coefficient (Wildman–Crippen LogP) is 1.62. The van der Waals surface area contributed by atoms with Gasteiger partial charge >= 0.3 is 0 Å². The SMILES string of the molecule is CNCC(C)Oc1cnnc2ccccc12. The standard InChI is InChI=1S/C12H15N3O/c1-9(7-13-2)16-12-8-14-15-11-6-4-3-5-10(11)12/h3-6,8-9,13H,7H2,1-2H3. The zero-order valence-corrected chi connectivity index (χ0v) is 9.47. The van der Waals surface area contributed by atoms with E-state index in [0.29, 0.717) is 0 Å². The van der Waals surface area contributed by atoms with Gasteiger partial charge in [0.1, 0.15) is 11.9 Å². The van der Waals surface area contributed by atoms with Crippen LogP contribution in [0.15, 0.2) is 30.5 Å². The van der Waals surface area contributed by atoms with E-state index in [1.54, 1.807) is 6.20 Å². The number of nitrogens with zero attached hydrogens (tertiary/aromatic N) is 2. The van der Waals surface area contributed by atoms with E-state index in [0.717, 1.165) is 23.2 Å². The van der Waals surface area contributed by atoms with E-state index in [9.17, 15) is 0 Å². The molecule has 0 saturated carbocycles. The van der Waals surface area contributed by atoms with Crippen LogP contribution in [0.4, 0.5) is 0 Å². The molecule has 1 aromatic heterocycles. The number of aromatic nitrogens is 2. The molecule has 0 aliphatic heterocycles. The first kappa shape index (κ1) is 10.8. The van der Waals surface area contributed by atoms with Gasteiger partial charge in [0.15, 0.2) is 0 Å². The first-order valence-electron chi connectivity index (χ1n) is 5.33. The van der Waals surface area contributed by atoms with Gasteiger partial charge in [-0.1, -0.05) is 12.1 Å². The summed E-state index contributed by atoms with van der Waals surface area (Å²) >= 11 is 0. The molecule has 1 atom stereocenters. The van der Waals surface area contributed by atoms with Crippen LogP contribution in [-0.2, 0) is 0 Å². The molecule has 1 heterocycles. The Balaban J connectivity index is 2.30. The van der Waals surface area contributed by atoms with Crippen LogP contribution < -0.4 is 10.1 Å². The van der Waals surface area contributed by atoms with Crippen molar-refractivity contribution in [2.45, 2.75) is 13.0 Å². The lowest BCUT2D eigenvalue weighted by molar-refractivity contribution is 0.222. The molecule has 84 valence electrons. The molecule has 0 aliphatic rings. The van der Waals surface area contributed by atoms with Crippen molar-refractivity contribution >= 4 is 10.9 Å². The normalized spacial score (nSPS) is 12.6. The van der Waals surface area contributed by atoms with Gasteiger partial charge in [-0.3, -0.25) is 0 Å². The van der Waals surface area contributed by atoms with Gasteiger partial charge in [0.05, 0.1) is 11.7 Å². The van der Waals surface area contributed by atoms with Crippen molar-refractivity contribution in [2.75, 3.05) is 13.6 Å². The number of rotatable bonds is 4. The summed E-state index contributed by atoms with van der Waals surface area (Å²) < 4.78 is 5.80. The largest absolute Gasteiger partial charge is 0.487 e. The van der Waals surface area contributed by atoms with E-state index in [2.05, 4.69) is 15.5 Å². The van der Waals surface area contributed by atoms with Crippen molar-refractivity contribution in [2.24, 2.45) is 0 Å².